The van der Waals surface area contributed by atoms with Crippen LogP contribution >= 0.6 is 11.3 Å². The molecule has 0 fully saturated rings. The van der Waals surface area contributed by atoms with E-state index in [4.69, 9.17) is 4.42 Å². The molecule has 6 nitrogen and oxygen atoms in total. The van der Waals surface area contributed by atoms with Crippen molar-refractivity contribution < 1.29 is 17.6 Å². The monoisotopic (exact) mass is 419 g/mol. The van der Waals surface area contributed by atoms with Gasteiger partial charge in [-0.15, -0.1) is 0 Å². The minimum Gasteiger partial charge on any atom is -0.414 e. The van der Waals surface area contributed by atoms with Crippen LogP contribution in [0.15, 0.2) is 50.5 Å². The smallest absolute Gasteiger partial charge is 0.396 e. The van der Waals surface area contributed by atoms with E-state index in [1.807, 2.05) is 13.8 Å². The predicted molar refractivity (Wildman–Crippen MR) is 110 cm³/mol. The molecule has 28 heavy (non-hydrogen) atoms. The van der Waals surface area contributed by atoms with E-state index in [1.165, 1.54) is 24.3 Å². The highest BCUT2D eigenvalue weighted by atomic mass is 32.2. The lowest BCUT2D eigenvalue weighted by Crippen LogP contribution is -2.37. The highest BCUT2D eigenvalue weighted by Crippen LogP contribution is 2.30. The summed E-state index contributed by atoms with van der Waals surface area (Å²) in [5.74, 6) is -0.503. The second-order valence-electron chi connectivity index (χ2n) is 6.62. The van der Waals surface area contributed by atoms with E-state index in [1.54, 1.807) is 19.1 Å². The summed E-state index contributed by atoms with van der Waals surface area (Å²) >= 11 is 0.870. The van der Waals surface area contributed by atoms with E-state index in [2.05, 4.69) is 0 Å². The van der Waals surface area contributed by atoms with Gasteiger partial charge in [-0.05, 0) is 50.1 Å². The minimum atomic E-state index is -4.11. The van der Waals surface area contributed by atoms with Crippen LogP contribution in [0.1, 0.15) is 37.3 Å². The van der Waals surface area contributed by atoms with Gasteiger partial charge in [0.1, 0.15) is 5.58 Å². The molecule has 0 bridgehead atoms. The highest BCUT2D eigenvalue weighted by molar-refractivity contribution is 7.93. The average molecular weight is 420 g/mol. The molecule has 3 rings (SSSR count). The number of anilines is 1. The first-order valence-corrected chi connectivity index (χ1v) is 11.2. The Morgan fingerprint density at radius 3 is 2.57 bits per heavy atom. The van der Waals surface area contributed by atoms with Crippen LogP contribution in [0.5, 0.6) is 0 Å². The van der Waals surface area contributed by atoms with Crippen LogP contribution in [-0.2, 0) is 14.8 Å². The van der Waals surface area contributed by atoms with E-state index in [9.17, 15) is 18.0 Å². The summed E-state index contributed by atoms with van der Waals surface area (Å²) in [4.78, 5) is 24.0. The van der Waals surface area contributed by atoms with E-state index < -0.39 is 20.9 Å². The van der Waals surface area contributed by atoms with Gasteiger partial charge in [-0.1, -0.05) is 42.4 Å². The first kappa shape index (κ1) is 20.3. The topological polar surface area (TPSA) is 84.7 Å². The quantitative estimate of drug-likeness (QED) is 0.592. The molecule has 0 saturated carbocycles. The van der Waals surface area contributed by atoms with Gasteiger partial charge in [-0.25, -0.2) is 17.5 Å². The zero-order valence-corrected chi connectivity index (χ0v) is 17.5. The molecule has 0 saturated heterocycles. The molecule has 0 radical (unpaired) electrons. The van der Waals surface area contributed by atoms with Gasteiger partial charge >= 0.3 is 4.94 Å². The third-order valence-corrected chi connectivity index (χ3v) is 7.07. The number of fused-ring (bicyclic) bond motifs is 1. The van der Waals surface area contributed by atoms with E-state index in [0.29, 0.717) is 22.3 Å². The molecule has 3 aromatic rings. The lowest BCUT2D eigenvalue weighted by molar-refractivity contribution is -0.117. The van der Waals surface area contributed by atoms with Gasteiger partial charge < -0.3 is 4.42 Å². The van der Waals surface area contributed by atoms with Crippen molar-refractivity contribution >= 4 is 43.2 Å². The van der Waals surface area contributed by atoms with Crippen molar-refractivity contribution in [2.45, 2.75) is 44.9 Å². The SMILES string of the molecule is CCCCC(=O)N(c1ccc2oc(=O)sc2c1)S(=O)(=O)c1ccc(C)cc1C. The molecule has 8 heteroatoms. The van der Waals surface area contributed by atoms with Crippen molar-refractivity contribution in [3.05, 3.63) is 57.3 Å². The van der Waals surface area contributed by atoms with E-state index in [-0.39, 0.29) is 17.0 Å². The maximum absolute atomic E-state index is 13.4. The number of nitrogens with zero attached hydrogens (tertiary/aromatic N) is 1. The highest BCUT2D eigenvalue weighted by Gasteiger charge is 2.32. The van der Waals surface area contributed by atoms with Crippen molar-refractivity contribution in [1.82, 2.24) is 0 Å². The molecular formula is C20H21NO5S2. The standard InChI is InChI=1S/C20H21NO5S2/c1-4-5-6-19(22)21(15-8-9-16-17(12-15)27-20(23)26-16)28(24,25)18-10-7-13(2)11-14(18)3/h7-12H,4-6H2,1-3H3. The molecule has 0 aliphatic rings. The molecular weight excluding hydrogens is 398 g/mol. The van der Waals surface area contributed by atoms with Crippen molar-refractivity contribution in [3.8, 4) is 0 Å². The first-order valence-electron chi connectivity index (χ1n) is 8.93. The van der Waals surface area contributed by atoms with Crippen LogP contribution < -0.4 is 9.24 Å². The maximum atomic E-state index is 13.4. The number of carbonyl (C=O) groups is 1. The molecule has 0 spiro atoms. The normalized spacial score (nSPS) is 11.7. The average Bonchev–Trinajstić information content (AvgIpc) is 2.98. The summed E-state index contributed by atoms with van der Waals surface area (Å²) in [5, 5.41) is 0. The van der Waals surface area contributed by atoms with Gasteiger partial charge in [0.05, 0.1) is 15.3 Å². The fourth-order valence-corrected chi connectivity index (χ4v) is 5.37. The molecule has 1 heterocycles. The molecule has 0 unspecified atom stereocenters. The Morgan fingerprint density at radius 2 is 1.89 bits per heavy atom. The maximum Gasteiger partial charge on any atom is 0.396 e. The number of rotatable bonds is 6. The number of carbonyl (C=O) groups excluding carboxylic acids is 1. The second kappa shape index (κ2) is 7.89. The summed E-state index contributed by atoms with van der Waals surface area (Å²) in [6.45, 7) is 5.52. The second-order valence-corrected chi connectivity index (χ2v) is 9.35. The minimum absolute atomic E-state index is 0.0865. The Hall–Kier alpha value is -2.45. The number of hydrogen-bond donors (Lipinski definition) is 0. The van der Waals surface area contributed by atoms with Gasteiger partial charge in [-0.3, -0.25) is 4.79 Å². The lowest BCUT2D eigenvalue weighted by Gasteiger charge is -2.23. The van der Waals surface area contributed by atoms with Crippen molar-refractivity contribution in [1.29, 1.82) is 0 Å². The largest absolute Gasteiger partial charge is 0.414 e. The van der Waals surface area contributed by atoms with Crippen LogP contribution in [0.2, 0.25) is 0 Å². The Kier molecular flexibility index (Phi) is 5.71. The van der Waals surface area contributed by atoms with Gasteiger partial charge in [0.25, 0.3) is 10.0 Å². The molecule has 1 amide bonds. The molecule has 2 aromatic carbocycles. The Morgan fingerprint density at radius 1 is 1.14 bits per heavy atom. The summed E-state index contributed by atoms with van der Waals surface area (Å²) in [6, 6.07) is 9.51. The summed E-state index contributed by atoms with van der Waals surface area (Å²) in [7, 11) is -4.11. The predicted octanol–water partition coefficient (Wildman–Crippen LogP) is 4.38. The van der Waals surface area contributed by atoms with Crippen molar-refractivity contribution in [3.63, 3.8) is 0 Å². The number of sulfonamides is 1. The van der Waals surface area contributed by atoms with Crippen LogP contribution in [0.3, 0.4) is 0 Å². The number of amides is 1. The molecule has 148 valence electrons. The van der Waals surface area contributed by atoms with E-state index in [0.717, 1.165) is 27.6 Å². The van der Waals surface area contributed by atoms with Crippen LogP contribution in [0.4, 0.5) is 5.69 Å². The Labute approximate surface area is 167 Å². The number of aryl methyl sites for hydroxylation is 2. The molecule has 0 N–H and O–H groups in total. The van der Waals surface area contributed by atoms with Crippen LogP contribution in [0, 0.1) is 13.8 Å². The summed E-state index contributed by atoms with van der Waals surface area (Å²) < 4.78 is 33.3. The van der Waals surface area contributed by atoms with Crippen molar-refractivity contribution in [2.24, 2.45) is 0 Å². The van der Waals surface area contributed by atoms with Gasteiger partial charge in [0, 0.05) is 6.42 Å². The molecule has 0 aliphatic carbocycles. The van der Waals surface area contributed by atoms with E-state index >= 15 is 0 Å². The van der Waals surface area contributed by atoms with Crippen molar-refractivity contribution in [2.75, 3.05) is 4.31 Å². The fraction of sp³-hybridized carbons (Fsp3) is 0.300. The molecule has 0 atom stereocenters. The summed E-state index contributed by atoms with van der Waals surface area (Å²) in [5.41, 5.74) is 2.07. The number of benzene rings is 2. The van der Waals surface area contributed by atoms with Crippen LogP contribution in [0.25, 0.3) is 10.3 Å². The lowest BCUT2D eigenvalue weighted by atomic mass is 10.2. The fourth-order valence-electron chi connectivity index (χ4n) is 3.02. The Balaban J connectivity index is 2.17. The zero-order valence-electron chi connectivity index (χ0n) is 15.9. The molecule has 1 aromatic heterocycles. The molecule has 0 aliphatic heterocycles. The Bertz CT molecular complexity index is 1190. The van der Waals surface area contributed by atoms with Gasteiger partial charge in [0.2, 0.25) is 5.91 Å². The number of hydrogen-bond acceptors (Lipinski definition) is 6. The zero-order chi connectivity index (χ0) is 20.5. The number of unbranched alkanes of at least 4 members (excludes halogenated alkanes) is 1. The third kappa shape index (κ3) is 3.88. The van der Waals surface area contributed by atoms with Gasteiger partial charge in [0.15, 0.2) is 0 Å². The first-order chi connectivity index (χ1) is 13.2. The summed E-state index contributed by atoms with van der Waals surface area (Å²) in [6.07, 6.45) is 1.46. The third-order valence-electron chi connectivity index (χ3n) is 4.37. The van der Waals surface area contributed by atoms with Crippen LogP contribution in [-0.4, -0.2) is 14.3 Å². The van der Waals surface area contributed by atoms with Gasteiger partial charge in [-0.2, -0.15) is 0 Å².